The lowest BCUT2D eigenvalue weighted by Crippen LogP contribution is -2.46. The monoisotopic (exact) mass is 330 g/mol. The molecule has 1 unspecified atom stereocenters. The third-order valence-electron chi connectivity index (χ3n) is 3.67. The third-order valence-corrected chi connectivity index (χ3v) is 4.19. The summed E-state index contributed by atoms with van der Waals surface area (Å²) < 4.78 is 0. The zero-order chi connectivity index (χ0) is 15.6. The highest BCUT2D eigenvalue weighted by Gasteiger charge is 2.35. The van der Waals surface area contributed by atoms with Gasteiger partial charge in [-0.25, -0.2) is 4.79 Å². The van der Waals surface area contributed by atoms with E-state index in [9.17, 15) is 14.7 Å². The topological polar surface area (TPSA) is 78.4 Å². The van der Waals surface area contributed by atoms with Crippen molar-refractivity contribution >= 4 is 40.8 Å². The van der Waals surface area contributed by atoms with Crippen molar-refractivity contribution in [1.82, 2.24) is 5.32 Å². The van der Waals surface area contributed by atoms with Gasteiger partial charge in [0, 0.05) is 11.6 Å². The highest BCUT2D eigenvalue weighted by Crippen LogP contribution is 2.33. The van der Waals surface area contributed by atoms with Crippen molar-refractivity contribution in [2.24, 2.45) is 5.41 Å². The van der Waals surface area contributed by atoms with Gasteiger partial charge in [-0.2, -0.15) is 0 Å². The van der Waals surface area contributed by atoms with Gasteiger partial charge in [0.1, 0.15) is 0 Å². The van der Waals surface area contributed by atoms with Crippen LogP contribution < -0.4 is 10.6 Å². The van der Waals surface area contributed by atoms with Gasteiger partial charge in [0.25, 0.3) is 0 Å². The molecule has 0 spiro atoms. The number of piperidine rings is 1. The lowest BCUT2D eigenvalue weighted by Gasteiger charge is -2.32. The molecule has 1 aliphatic rings. The van der Waals surface area contributed by atoms with Crippen LogP contribution in [0.15, 0.2) is 12.1 Å². The van der Waals surface area contributed by atoms with Gasteiger partial charge in [-0.15, -0.1) is 0 Å². The van der Waals surface area contributed by atoms with E-state index in [0.29, 0.717) is 6.54 Å². The summed E-state index contributed by atoms with van der Waals surface area (Å²) in [5, 5.41) is 15.4. The second kappa shape index (κ2) is 6.22. The van der Waals surface area contributed by atoms with Crippen molar-refractivity contribution in [2.75, 3.05) is 18.4 Å². The summed E-state index contributed by atoms with van der Waals surface area (Å²) in [6.45, 7) is 3.27. The zero-order valence-electron chi connectivity index (χ0n) is 11.5. The Balaban J connectivity index is 2.30. The number of carboxylic acid groups (broad SMARTS) is 1. The van der Waals surface area contributed by atoms with Crippen LogP contribution in [-0.2, 0) is 4.79 Å². The first-order valence-corrected chi connectivity index (χ1v) is 7.33. The smallest absolute Gasteiger partial charge is 0.337 e. The second-order valence-corrected chi connectivity index (χ2v) is 6.25. The van der Waals surface area contributed by atoms with Crippen LogP contribution in [-0.4, -0.2) is 30.1 Å². The Bertz CT molecular complexity index is 584. The molecule has 1 saturated heterocycles. The molecule has 1 aromatic carbocycles. The van der Waals surface area contributed by atoms with Crippen molar-refractivity contribution in [2.45, 2.75) is 19.8 Å². The molecule has 1 heterocycles. The number of aromatic carboxylic acids is 1. The van der Waals surface area contributed by atoms with Crippen LogP contribution in [0.2, 0.25) is 10.0 Å². The van der Waals surface area contributed by atoms with Gasteiger partial charge in [-0.3, -0.25) is 4.79 Å². The van der Waals surface area contributed by atoms with Crippen molar-refractivity contribution in [3.8, 4) is 0 Å². The number of carboxylic acids is 1. The Hall–Kier alpha value is -1.30. The summed E-state index contributed by atoms with van der Waals surface area (Å²) in [7, 11) is 0. The number of carbonyl (C=O) groups is 2. The second-order valence-electron chi connectivity index (χ2n) is 5.41. The normalized spacial score (nSPS) is 21.9. The zero-order valence-corrected chi connectivity index (χ0v) is 13.0. The van der Waals surface area contributed by atoms with E-state index < -0.39 is 11.4 Å². The highest BCUT2D eigenvalue weighted by atomic mass is 35.5. The standard InChI is InChI=1S/C14H16Cl2N2O3/c1-14(3-2-4-17-7-14)13(21)18-11-9(12(19)20)5-8(15)6-10(11)16/h5-6,17H,2-4,7H2,1H3,(H,18,21)(H,19,20). The van der Waals surface area contributed by atoms with Crippen molar-refractivity contribution < 1.29 is 14.7 Å². The quantitative estimate of drug-likeness (QED) is 0.796. The SMILES string of the molecule is CC1(C(=O)Nc2c(Cl)cc(Cl)cc2C(=O)O)CCCNC1. The number of amides is 1. The van der Waals surface area contributed by atoms with Gasteiger partial charge in [-0.05, 0) is 38.4 Å². The summed E-state index contributed by atoms with van der Waals surface area (Å²) in [4.78, 5) is 23.7. The first-order chi connectivity index (χ1) is 9.83. The predicted octanol–water partition coefficient (Wildman–Crippen LogP) is 3.02. The Labute approximate surface area is 132 Å². The number of hydrogen-bond acceptors (Lipinski definition) is 3. The summed E-state index contributed by atoms with van der Waals surface area (Å²) >= 11 is 11.8. The van der Waals surface area contributed by atoms with E-state index >= 15 is 0 Å². The van der Waals surface area contributed by atoms with E-state index in [0.717, 1.165) is 19.4 Å². The van der Waals surface area contributed by atoms with Gasteiger partial charge in [-0.1, -0.05) is 23.2 Å². The number of hydrogen-bond donors (Lipinski definition) is 3. The van der Waals surface area contributed by atoms with E-state index in [4.69, 9.17) is 23.2 Å². The Morgan fingerprint density at radius 1 is 1.38 bits per heavy atom. The number of benzene rings is 1. The summed E-state index contributed by atoms with van der Waals surface area (Å²) in [5.41, 5.74) is -0.615. The molecular weight excluding hydrogens is 315 g/mol. The summed E-state index contributed by atoms with van der Waals surface area (Å²) in [5.74, 6) is -1.44. The number of rotatable bonds is 3. The molecule has 2 rings (SSSR count). The number of nitrogens with one attached hydrogen (secondary N) is 2. The lowest BCUT2D eigenvalue weighted by atomic mass is 9.82. The first-order valence-electron chi connectivity index (χ1n) is 6.58. The van der Waals surface area contributed by atoms with E-state index in [1.165, 1.54) is 12.1 Å². The molecule has 0 aliphatic carbocycles. The molecule has 1 aromatic rings. The molecule has 0 aromatic heterocycles. The molecule has 1 amide bonds. The molecule has 5 nitrogen and oxygen atoms in total. The predicted molar refractivity (Wildman–Crippen MR) is 82.3 cm³/mol. The van der Waals surface area contributed by atoms with Crippen LogP contribution in [0.4, 0.5) is 5.69 Å². The van der Waals surface area contributed by atoms with Crippen LogP contribution in [0, 0.1) is 5.41 Å². The van der Waals surface area contributed by atoms with E-state index in [2.05, 4.69) is 10.6 Å². The lowest BCUT2D eigenvalue weighted by molar-refractivity contribution is -0.125. The summed E-state index contributed by atoms with van der Waals surface area (Å²) in [6.07, 6.45) is 1.63. The number of carbonyl (C=O) groups excluding carboxylic acids is 1. The van der Waals surface area contributed by atoms with Gasteiger partial charge in [0.05, 0.1) is 21.7 Å². The molecule has 0 radical (unpaired) electrons. The maximum Gasteiger partial charge on any atom is 0.337 e. The van der Waals surface area contributed by atoms with E-state index in [1.807, 2.05) is 6.92 Å². The molecule has 0 saturated carbocycles. The number of anilines is 1. The minimum absolute atomic E-state index is 0.0883. The Kier molecular flexibility index (Phi) is 4.76. The maximum atomic E-state index is 12.5. The van der Waals surface area contributed by atoms with Crippen LogP contribution in [0.3, 0.4) is 0 Å². The van der Waals surface area contributed by atoms with Gasteiger partial charge in [0.15, 0.2) is 0 Å². The summed E-state index contributed by atoms with van der Waals surface area (Å²) in [6, 6.07) is 2.68. The fraction of sp³-hybridized carbons (Fsp3) is 0.429. The van der Waals surface area contributed by atoms with Crippen LogP contribution in [0.1, 0.15) is 30.1 Å². The van der Waals surface area contributed by atoms with Crippen molar-refractivity contribution in [3.05, 3.63) is 27.7 Å². The average molecular weight is 331 g/mol. The fourth-order valence-corrected chi connectivity index (χ4v) is 2.92. The molecule has 1 aliphatic heterocycles. The molecule has 1 fully saturated rings. The first kappa shape index (κ1) is 16.1. The maximum absolute atomic E-state index is 12.5. The van der Waals surface area contributed by atoms with Crippen molar-refractivity contribution in [1.29, 1.82) is 0 Å². The Morgan fingerprint density at radius 2 is 2.10 bits per heavy atom. The van der Waals surface area contributed by atoms with Gasteiger partial charge in [0.2, 0.25) is 5.91 Å². The minimum Gasteiger partial charge on any atom is -0.478 e. The fourth-order valence-electron chi connectivity index (χ4n) is 2.38. The van der Waals surface area contributed by atoms with Gasteiger partial charge >= 0.3 is 5.97 Å². The molecule has 114 valence electrons. The van der Waals surface area contributed by atoms with Gasteiger partial charge < -0.3 is 15.7 Å². The minimum atomic E-state index is -1.19. The number of halogens is 2. The van der Waals surface area contributed by atoms with Crippen LogP contribution in [0.5, 0.6) is 0 Å². The molecule has 1 atom stereocenters. The molecule has 0 bridgehead atoms. The van der Waals surface area contributed by atoms with Crippen LogP contribution in [0.25, 0.3) is 0 Å². The highest BCUT2D eigenvalue weighted by molar-refractivity contribution is 6.37. The molecule has 3 N–H and O–H groups in total. The molecular formula is C14H16Cl2N2O3. The molecule has 21 heavy (non-hydrogen) atoms. The average Bonchev–Trinajstić information content (AvgIpc) is 2.41. The van der Waals surface area contributed by atoms with Crippen molar-refractivity contribution in [3.63, 3.8) is 0 Å². The third kappa shape index (κ3) is 3.48. The van der Waals surface area contributed by atoms with E-state index in [1.54, 1.807) is 0 Å². The Morgan fingerprint density at radius 3 is 2.67 bits per heavy atom. The van der Waals surface area contributed by atoms with E-state index in [-0.39, 0.29) is 27.2 Å². The largest absolute Gasteiger partial charge is 0.478 e. The molecule has 7 heteroatoms. The van der Waals surface area contributed by atoms with Crippen LogP contribution >= 0.6 is 23.2 Å².